The summed E-state index contributed by atoms with van der Waals surface area (Å²) in [5.41, 5.74) is 11.0. The second kappa shape index (κ2) is 12.3. The molecule has 5 heterocycles. The van der Waals surface area contributed by atoms with E-state index in [-0.39, 0.29) is 0 Å². The van der Waals surface area contributed by atoms with Gasteiger partial charge in [-0.05, 0) is 76.5 Å². The number of fused-ring (bicyclic) bond motifs is 11. The van der Waals surface area contributed by atoms with Crippen molar-refractivity contribution in [1.29, 1.82) is 0 Å². The van der Waals surface area contributed by atoms with E-state index < -0.39 is 0 Å². The van der Waals surface area contributed by atoms with Crippen molar-refractivity contribution in [3.63, 3.8) is 0 Å². The largest absolute Gasteiger partial charge is 0.308 e. The molecule has 0 aliphatic carbocycles. The first-order chi connectivity index (χ1) is 30.3. The van der Waals surface area contributed by atoms with Gasteiger partial charge in [0.15, 0.2) is 0 Å². The third-order valence-electron chi connectivity index (χ3n) is 12.9. The van der Waals surface area contributed by atoms with Crippen LogP contribution in [0.1, 0.15) is 0 Å². The van der Waals surface area contributed by atoms with Crippen LogP contribution < -0.4 is 0 Å². The quantitative estimate of drug-likeness (QED) is 0.179. The molecule has 0 bridgehead atoms. The van der Waals surface area contributed by atoms with E-state index in [1.807, 2.05) is 17.4 Å². The molecule has 0 saturated heterocycles. The van der Waals surface area contributed by atoms with Crippen LogP contribution in [0.4, 0.5) is 0 Å². The standard InChI is InChI=1S/C56H32N4S/c1-2-13-33(14-3-1)54-42-17-4-7-22-45(42)57-56(58-54)60-47-24-9-6-16-37(47)43-31-34(28-30-49(43)60)35-27-29-48-44(32-35)41-21-10-20-40-39-19-12-26-51-53(39)52-38(18-11-25-50(52)61-51)36-15-5-8-23-46(36)59(48)55(40)41/h1-32H. The molecule has 0 aliphatic rings. The average Bonchev–Trinajstić information content (AvgIpc) is 3.99. The zero-order valence-corrected chi connectivity index (χ0v) is 33.5. The molecule has 9 aromatic carbocycles. The summed E-state index contributed by atoms with van der Waals surface area (Å²) in [6.07, 6.45) is 0. The fraction of sp³-hybridized carbons (Fsp3) is 0. The van der Waals surface area contributed by atoms with Crippen LogP contribution in [0.15, 0.2) is 194 Å². The molecular weight excluding hydrogens is 761 g/mol. The highest BCUT2D eigenvalue weighted by molar-refractivity contribution is 7.26. The normalized spacial score (nSPS) is 12.3. The number of nitrogens with zero attached hydrogens (tertiary/aromatic N) is 4. The summed E-state index contributed by atoms with van der Waals surface area (Å²) in [6, 6.07) is 70.7. The van der Waals surface area contributed by atoms with Gasteiger partial charge >= 0.3 is 0 Å². The van der Waals surface area contributed by atoms with Crippen molar-refractivity contribution < 1.29 is 0 Å². The molecule has 0 N–H and O–H groups in total. The first-order valence-corrected chi connectivity index (χ1v) is 21.6. The van der Waals surface area contributed by atoms with Crippen molar-refractivity contribution >= 4 is 113 Å². The topological polar surface area (TPSA) is 35.1 Å². The monoisotopic (exact) mass is 792 g/mol. The Balaban J connectivity index is 1.03. The zero-order valence-electron chi connectivity index (χ0n) is 32.7. The van der Waals surface area contributed by atoms with E-state index in [4.69, 9.17) is 9.97 Å². The second-order valence-corrected chi connectivity index (χ2v) is 17.2. The molecule has 5 aromatic heterocycles. The van der Waals surface area contributed by atoms with Crippen LogP contribution in [0.3, 0.4) is 0 Å². The summed E-state index contributed by atoms with van der Waals surface area (Å²) in [7, 11) is 0. The molecule has 0 aliphatic heterocycles. The smallest absolute Gasteiger partial charge is 0.235 e. The van der Waals surface area contributed by atoms with Gasteiger partial charge in [-0.3, -0.25) is 4.57 Å². The molecule has 4 nitrogen and oxygen atoms in total. The van der Waals surface area contributed by atoms with Crippen LogP contribution in [0.25, 0.3) is 130 Å². The second-order valence-electron chi connectivity index (χ2n) is 16.1. The van der Waals surface area contributed by atoms with Gasteiger partial charge in [0, 0.05) is 63.4 Å². The van der Waals surface area contributed by atoms with Gasteiger partial charge in [-0.2, -0.15) is 0 Å². The Morgan fingerprint density at radius 2 is 0.852 bits per heavy atom. The van der Waals surface area contributed by atoms with E-state index in [9.17, 15) is 0 Å². The fourth-order valence-electron chi connectivity index (χ4n) is 10.3. The Morgan fingerprint density at radius 1 is 0.344 bits per heavy atom. The number of rotatable bonds is 3. The highest BCUT2D eigenvalue weighted by atomic mass is 32.1. The summed E-state index contributed by atoms with van der Waals surface area (Å²) in [4.78, 5) is 10.5. The van der Waals surface area contributed by atoms with Crippen molar-refractivity contribution in [2.45, 2.75) is 0 Å². The summed E-state index contributed by atoms with van der Waals surface area (Å²) in [5.74, 6) is 0.663. The van der Waals surface area contributed by atoms with Crippen molar-refractivity contribution in [1.82, 2.24) is 18.9 Å². The van der Waals surface area contributed by atoms with Crippen LogP contribution in [-0.2, 0) is 0 Å². The van der Waals surface area contributed by atoms with Crippen LogP contribution in [-0.4, -0.2) is 18.9 Å². The van der Waals surface area contributed by atoms with Gasteiger partial charge in [0.1, 0.15) is 0 Å². The molecule has 14 rings (SSSR count). The lowest BCUT2D eigenvalue weighted by Gasteiger charge is -2.12. The third kappa shape index (κ3) is 4.58. The number of aromatic nitrogens is 4. The van der Waals surface area contributed by atoms with Gasteiger partial charge < -0.3 is 4.40 Å². The van der Waals surface area contributed by atoms with Gasteiger partial charge in [0.2, 0.25) is 5.95 Å². The summed E-state index contributed by atoms with van der Waals surface area (Å²) in [6.45, 7) is 0. The van der Waals surface area contributed by atoms with Crippen molar-refractivity contribution in [3.05, 3.63) is 194 Å². The Labute approximate surface area is 352 Å². The number of para-hydroxylation sites is 4. The van der Waals surface area contributed by atoms with Gasteiger partial charge in [-0.1, -0.05) is 140 Å². The Kier molecular flexibility index (Phi) is 6.68. The predicted molar refractivity (Wildman–Crippen MR) is 259 cm³/mol. The van der Waals surface area contributed by atoms with Gasteiger partial charge in [-0.15, -0.1) is 11.3 Å². The Bertz CT molecular complexity index is 4170. The first kappa shape index (κ1) is 33.0. The number of hydrogen-bond donors (Lipinski definition) is 0. The molecule has 282 valence electrons. The molecule has 0 saturated carbocycles. The number of hydrogen-bond acceptors (Lipinski definition) is 3. The van der Waals surface area contributed by atoms with E-state index in [0.717, 1.165) is 33.2 Å². The van der Waals surface area contributed by atoms with Crippen LogP contribution in [0, 0.1) is 0 Å². The van der Waals surface area contributed by atoms with Crippen LogP contribution in [0.5, 0.6) is 0 Å². The first-order valence-electron chi connectivity index (χ1n) is 20.7. The summed E-state index contributed by atoms with van der Waals surface area (Å²) >= 11 is 1.89. The molecule has 0 atom stereocenters. The molecule has 0 fully saturated rings. The van der Waals surface area contributed by atoms with E-state index >= 15 is 0 Å². The van der Waals surface area contributed by atoms with E-state index in [2.05, 4.69) is 197 Å². The maximum atomic E-state index is 5.30. The molecule has 0 amide bonds. The van der Waals surface area contributed by atoms with Crippen molar-refractivity contribution in [3.8, 4) is 28.3 Å². The Morgan fingerprint density at radius 3 is 1.61 bits per heavy atom. The van der Waals surface area contributed by atoms with E-state index in [1.54, 1.807) is 0 Å². The van der Waals surface area contributed by atoms with Crippen LogP contribution in [0.2, 0.25) is 0 Å². The highest BCUT2D eigenvalue weighted by Crippen LogP contribution is 2.45. The lowest BCUT2D eigenvalue weighted by Crippen LogP contribution is -2.03. The van der Waals surface area contributed by atoms with E-state index in [0.29, 0.717) is 5.95 Å². The lowest BCUT2D eigenvalue weighted by atomic mass is 9.99. The average molecular weight is 793 g/mol. The van der Waals surface area contributed by atoms with Crippen molar-refractivity contribution in [2.24, 2.45) is 0 Å². The minimum Gasteiger partial charge on any atom is -0.308 e. The lowest BCUT2D eigenvalue weighted by molar-refractivity contribution is 1.01. The van der Waals surface area contributed by atoms with Gasteiger partial charge in [0.25, 0.3) is 0 Å². The number of thiophene rings is 1. The van der Waals surface area contributed by atoms with Crippen LogP contribution >= 0.6 is 11.3 Å². The SMILES string of the molecule is c1ccc(-c2nc(-n3c4ccccc4c4cc(-c5ccc6c(c5)c5cccc7c8cccc9sc%10cccc(c%11ccccc%11n6c75)c%10c98)ccc43)nc3ccccc23)cc1. The van der Waals surface area contributed by atoms with Crippen molar-refractivity contribution in [2.75, 3.05) is 0 Å². The third-order valence-corrected chi connectivity index (χ3v) is 14.0. The van der Waals surface area contributed by atoms with Gasteiger partial charge in [-0.25, -0.2) is 9.97 Å². The van der Waals surface area contributed by atoms with E-state index in [1.165, 1.54) is 90.9 Å². The minimum absolute atomic E-state index is 0.663. The van der Waals surface area contributed by atoms with Gasteiger partial charge in [0.05, 0.1) is 38.8 Å². The highest BCUT2D eigenvalue weighted by Gasteiger charge is 2.20. The molecule has 0 unspecified atom stereocenters. The number of benzene rings is 9. The fourth-order valence-corrected chi connectivity index (χ4v) is 11.4. The molecule has 0 radical (unpaired) electrons. The Hall–Kier alpha value is -7.86. The summed E-state index contributed by atoms with van der Waals surface area (Å²) in [5, 5.41) is 13.6. The molecule has 5 heteroatoms. The zero-order chi connectivity index (χ0) is 39.8. The molecular formula is C56H32N4S. The maximum Gasteiger partial charge on any atom is 0.235 e. The molecule has 61 heavy (non-hydrogen) atoms. The molecule has 14 aromatic rings. The summed E-state index contributed by atoms with van der Waals surface area (Å²) < 4.78 is 7.40. The minimum atomic E-state index is 0.663. The predicted octanol–water partition coefficient (Wildman–Crippen LogP) is 15.3. The molecule has 0 spiro atoms. The maximum absolute atomic E-state index is 5.30.